The van der Waals surface area contributed by atoms with Crippen molar-refractivity contribution in [1.29, 1.82) is 0 Å². The Bertz CT molecular complexity index is 452. The number of halogens is 3. The summed E-state index contributed by atoms with van der Waals surface area (Å²) in [6.07, 6.45) is -3.41. The fraction of sp³-hybridized carbons (Fsp3) is 0.643. The molecule has 0 radical (unpaired) electrons. The molecule has 0 aromatic carbocycles. The number of piperazine rings is 1. The van der Waals surface area contributed by atoms with E-state index in [-0.39, 0.29) is 0 Å². The Morgan fingerprint density at radius 3 is 2.43 bits per heavy atom. The first kappa shape index (κ1) is 16.0. The van der Waals surface area contributed by atoms with Crippen molar-refractivity contribution in [3.8, 4) is 0 Å². The maximum absolute atomic E-state index is 12.7. The fourth-order valence-electron chi connectivity index (χ4n) is 2.65. The molecule has 4 nitrogen and oxygen atoms in total. The molecule has 0 saturated carbocycles. The maximum Gasteiger partial charge on any atom is 0.433 e. The molecule has 118 valence electrons. The quantitative estimate of drug-likeness (QED) is 0.923. The monoisotopic (exact) mass is 302 g/mol. The second kappa shape index (κ2) is 6.62. The molecule has 0 bridgehead atoms. The van der Waals surface area contributed by atoms with Crippen LogP contribution in [0.5, 0.6) is 0 Å². The first-order chi connectivity index (χ1) is 9.95. The summed E-state index contributed by atoms with van der Waals surface area (Å²) in [5.41, 5.74) is 4.90. The Morgan fingerprint density at radius 1 is 1.24 bits per heavy atom. The first-order valence-electron chi connectivity index (χ1n) is 7.19. The van der Waals surface area contributed by atoms with Gasteiger partial charge in [0, 0.05) is 38.8 Å². The zero-order valence-electron chi connectivity index (χ0n) is 12.1. The van der Waals surface area contributed by atoms with Crippen molar-refractivity contribution in [3.63, 3.8) is 0 Å². The van der Waals surface area contributed by atoms with Crippen molar-refractivity contribution in [2.24, 2.45) is 5.73 Å². The van der Waals surface area contributed by atoms with E-state index in [0.29, 0.717) is 31.5 Å². The van der Waals surface area contributed by atoms with Crippen LogP contribution in [0.1, 0.15) is 19.0 Å². The summed E-state index contributed by atoms with van der Waals surface area (Å²) < 4.78 is 38.1. The van der Waals surface area contributed by atoms with Gasteiger partial charge in [0.15, 0.2) is 0 Å². The highest BCUT2D eigenvalue weighted by atomic mass is 19.4. The summed E-state index contributed by atoms with van der Waals surface area (Å²) in [5.74, 6) is 0.394. The van der Waals surface area contributed by atoms with Gasteiger partial charge in [0.05, 0.1) is 0 Å². The number of hydrogen-bond donors (Lipinski definition) is 1. The average molecular weight is 302 g/mol. The van der Waals surface area contributed by atoms with E-state index < -0.39 is 11.9 Å². The highest BCUT2D eigenvalue weighted by Crippen LogP contribution is 2.29. The number of anilines is 1. The van der Waals surface area contributed by atoms with Crippen LogP contribution >= 0.6 is 0 Å². The smallest absolute Gasteiger partial charge is 0.354 e. The SMILES string of the molecule is CCC(CN)N1CCN(c2cccc(C(F)(F)F)n2)CC1. The summed E-state index contributed by atoms with van der Waals surface area (Å²) in [6, 6.07) is 4.39. The van der Waals surface area contributed by atoms with Gasteiger partial charge in [0.1, 0.15) is 11.5 Å². The summed E-state index contributed by atoms with van der Waals surface area (Å²) in [4.78, 5) is 7.93. The number of nitrogens with two attached hydrogens (primary N) is 1. The first-order valence-corrected chi connectivity index (χ1v) is 7.19. The third-order valence-electron chi connectivity index (χ3n) is 3.92. The van der Waals surface area contributed by atoms with Crippen LogP contribution in [0.2, 0.25) is 0 Å². The zero-order valence-corrected chi connectivity index (χ0v) is 12.1. The third kappa shape index (κ3) is 3.85. The predicted molar refractivity (Wildman–Crippen MR) is 76.2 cm³/mol. The van der Waals surface area contributed by atoms with Gasteiger partial charge in [-0.15, -0.1) is 0 Å². The van der Waals surface area contributed by atoms with Gasteiger partial charge in [0.2, 0.25) is 0 Å². The van der Waals surface area contributed by atoms with Gasteiger partial charge in [-0.25, -0.2) is 4.98 Å². The lowest BCUT2D eigenvalue weighted by Crippen LogP contribution is -2.52. The van der Waals surface area contributed by atoms with E-state index >= 15 is 0 Å². The van der Waals surface area contributed by atoms with Crippen LogP contribution in [-0.2, 0) is 6.18 Å². The van der Waals surface area contributed by atoms with Gasteiger partial charge in [-0.05, 0) is 18.6 Å². The highest BCUT2D eigenvalue weighted by Gasteiger charge is 2.33. The summed E-state index contributed by atoms with van der Waals surface area (Å²) in [7, 11) is 0. The molecule has 1 fully saturated rings. The molecule has 1 aromatic rings. The van der Waals surface area contributed by atoms with E-state index in [1.54, 1.807) is 6.07 Å². The Balaban J connectivity index is 2.02. The molecular formula is C14H21F3N4. The molecule has 1 aliphatic rings. The maximum atomic E-state index is 12.7. The lowest BCUT2D eigenvalue weighted by Gasteiger charge is -2.39. The lowest BCUT2D eigenvalue weighted by atomic mass is 10.1. The van der Waals surface area contributed by atoms with Crippen LogP contribution in [0.4, 0.5) is 19.0 Å². The molecular weight excluding hydrogens is 281 g/mol. The molecule has 1 unspecified atom stereocenters. The molecule has 0 spiro atoms. The molecule has 2 rings (SSSR count). The number of nitrogens with zero attached hydrogens (tertiary/aromatic N) is 3. The van der Waals surface area contributed by atoms with E-state index in [0.717, 1.165) is 25.6 Å². The van der Waals surface area contributed by atoms with Gasteiger partial charge in [0.25, 0.3) is 0 Å². The van der Waals surface area contributed by atoms with E-state index in [2.05, 4.69) is 16.8 Å². The van der Waals surface area contributed by atoms with Gasteiger partial charge in [-0.2, -0.15) is 13.2 Å². The van der Waals surface area contributed by atoms with E-state index in [9.17, 15) is 13.2 Å². The molecule has 1 aliphatic heterocycles. The number of aromatic nitrogens is 1. The van der Waals surface area contributed by atoms with Crippen molar-refractivity contribution >= 4 is 5.82 Å². The number of pyridine rings is 1. The van der Waals surface area contributed by atoms with Crippen molar-refractivity contribution < 1.29 is 13.2 Å². The molecule has 7 heteroatoms. The zero-order chi connectivity index (χ0) is 15.5. The summed E-state index contributed by atoms with van der Waals surface area (Å²) >= 11 is 0. The van der Waals surface area contributed by atoms with Crippen LogP contribution in [0.3, 0.4) is 0 Å². The van der Waals surface area contributed by atoms with Crippen molar-refractivity contribution in [1.82, 2.24) is 9.88 Å². The van der Waals surface area contributed by atoms with E-state index in [1.807, 2.05) is 4.90 Å². The minimum atomic E-state index is -4.40. The lowest BCUT2D eigenvalue weighted by molar-refractivity contribution is -0.141. The Labute approximate surface area is 122 Å². The molecule has 1 atom stereocenters. The second-order valence-corrected chi connectivity index (χ2v) is 5.20. The highest BCUT2D eigenvalue weighted by molar-refractivity contribution is 5.40. The molecule has 0 aliphatic carbocycles. The van der Waals surface area contributed by atoms with Gasteiger partial charge in [-0.1, -0.05) is 13.0 Å². The molecule has 0 amide bonds. The minimum Gasteiger partial charge on any atom is -0.354 e. The van der Waals surface area contributed by atoms with Crippen molar-refractivity contribution in [2.45, 2.75) is 25.6 Å². The molecule has 21 heavy (non-hydrogen) atoms. The Morgan fingerprint density at radius 2 is 1.90 bits per heavy atom. The summed E-state index contributed by atoms with van der Waals surface area (Å²) in [5, 5.41) is 0. The molecule has 1 aromatic heterocycles. The standard InChI is InChI=1S/C14H21F3N4/c1-2-11(10-18)20-6-8-21(9-7-20)13-5-3-4-12(19-13)14(15,16)17/h3-5,11H,2,6-10,18H2,1H3. The Hall–Kier alpha value is -1.34. The van der Waals surface area contributed by atoms with Crippen LogP contribution in [-0.4, -0.2) is 48.6 Å². The average Bonchev–Trinajstić information content (AvgIpc) is 2.48. The second-order valence-electron chi connectivity index (χ2n) is 5.20. The normalized spacial score (nSPS) is 18.8. The van der Waals surface area contributed by atoms with Crippen LogP contribution in [0.25, 0.3) is 0 Å². The summed E-state index contributed by atoms with van der Waals surface area (Å²) in [6.45, 7) is 5.65. The Kier molecular flexibility index (Phi) is 5.05. The predicted octanol–water partition coefficient (Wildman–Crippen LogP) is 1.96. The van der Waals surface area contributed by atoms with Gasteiger partial charge in [-0.3, -0.25) is 4.90 Å². The van der Waals surface area contributed by atoms with Crippen LogP contribution in [0, 0.1) is 0 Å². The van der Waals surface area contributed by atoms with Crippen LogP contribution in [0.15, 0.2) is 18.2 Å². The van der Waals surface area contributed by atoms with E-state index in [4.69, 9.17) is 5.73 Å². The number of rotatable bonds is 4. The van der Waals surface area contributed by atoms with Crippen molar-refractivity contribution in [2.75, 3.05) is 37.6 Å². The number of hydrogen-bond acceptors (Lipinski definition) is 4. The molecule has 2 N–H and O–H groups in total. The number of alkyl halides is 3. The van der Waals surface area contributed by atoms with Gasteiger partial charge >= 0.3 is 6.18 Å². The van der Waals surface area contributed by atoms with Crippen LogP contribution < -0.4 is 10.6 Å². The van der Waals surface area contributed by atoms with Crippen molar-refractivity contribution in [3.05, 3.63) is 23.9 Å². The molecule has 1 saturated heterocycles. The minimum absolute atomic E-state index is 0.349. The topological polar surface area (TPSA) is 45.4 Å². The largest absolute Gasteiger partial charge is 0.433 e. The fourth-order valence-corrected chi connectivity index (χ4v) is 2.65. The third-order valence-corrected chi connectivity index (χ3v) is 3.92. The van der Waals surface area contributed by atoms with E-state index in [1.165, 1.54) is 6.07 Å². The van der Waals surface area contributed by atoms with Gasteiger partial charge < -0.3 is 10.6 Å². The molecule has 2 heterocycles.